The van der Waals surface area contributed by atoms with Crippen LogP contribution in [0, 0.1) is 21.4 Å². The van der Waals surface area contributed by atoms with Gasteiger partial charge in [-0.05, 0) is 18.4 Å². The number of likely N-dealkylation sites (tertiary alicyclic amines) is 1. The normalized spacial score (nSPS) is 18.7. The molecule has 0 saturated carbocycles. The molecule has 0 radical (unpaired) electrons. The van der Waals surface area contributed by atoms with Crippen LogP contribution in [0.2, 0.25) is 0 Å². The van der Waals surface area contributed by atoms with Gasteiger partial charge in [0.05, 0.1) is 17.1 Å². The van der Waals surface area contributed by atoms with Crippen molar-refractivity contribution in [1.29, 1.82) is 5.26 Å². The molecule has 1 fully saturated rings. The number of piperidine rings is 1. The fourth-order valence-electron chi connectivity index (χ4n) is 2.32. The number of aliphatic hydroxyl groups is 1. The monoisotopic (exact) mass is 261 g/mol. The molecule has 0 spiro atoms. The van der Waals surface area contributed by atoms with Crippen LogP contribution >= 0.6 is 0 Å². The molecule has 6 nitrogen and oxygen atoms in total. The number of rotatable bonds is 3. The lowest BCUT2D eigenvalue weighted by Gasteiger charge is -2.32. The van der Waals surface area contributed by atoms with E-state index in [9.17, 15) is 20.5 Å². The average Bonchev–Trinajstić information content (AvgIpc) is 2.42. The van der Waals surface area contributed by atoms with Gasteiger partial charge >= 0.3 is 0 Å². The van der Waals surface area contributed by atoms with Crippen LogP contribution in [0.25, 0.3) is 0 Å². The first-order chi connectivity index (χ1) is 9.11. The Bertz CT molecular complexity index is 504. The van der Waals surface area contributed by atoms with Crippen molar-refractivity contribution in [1.82, 2.24) is 4.90 Å². The van der Waals surface area contributed by atoms with E-state index < -0.39 is 11.0 Å². The molecule has 100 valence electrons. The minimum atomic E-state index is -0.493. The van der Waals surface area contributed by atoms with Crippen LogP contribution in [0.15, 0.2) is 24.3 Å². The fraction of sp³-hybridized carbons (Fsp3) is 0.462. The minimum Gasteiger partial charge on any atom is -0.393 e. The number of nitriles is 1. The zero-order valence-corrected chi connectivity index (χ0v) is 10.4. The summed E-state index contributed by atoms with van der Waals surface area (Å²) in [5.74, 6) is 0. The predicted molar refractivity (Wildman–Crippen MR) is 68.3 cm³/mol. The number of benzene rings is 1. The maximum absolute atomic E-state index is 10.8. The average molecular weight is 261 g/mol. The van der Waals surface area contributed by atoms with E-state index in [1.165, 1.54) is 12.1 Å². The molecule has 2 rings (SSSR count). The van der Waals surface area contributed by atoms with E-state index in [2.05, 4.69) is 6.07 Å². The quantitative estimate of drug-likeness (QED) is 0.659. The van der Waals surface area contributed by atoms with Crippen molar-refractivity contribution in [2.75, 3.05) is 13.1 Å². The van der Waals surface area contributed by atoms with Crippen LogP contribution in [0.3, 0.4) is 0 Å². The Balaban J connectivity index is 2.20. The van der Waals surface area contributed by atoms with Gasteiger partial charge in [-0.15, -0.1) is 0 Å². The molecular weight excluding hydrogens is 246 g/mol. The Morgan fingerprint density at radius 1 is 1.47 bits per heavy atom. The molecule has 1 aromatic carbocycles. The summed E-state index contributed by atoms with van der Waals surface area (Å²) >= 11 is 0. The Kier molecular flexibility index (Phi) is 4.10. The van der Waals surface area contributed by atoms with E-state index in [1.54, 1.807) is 12.1 Å². The van der Waals surface area contributed by atoms with Crippen molar-refractivity contribution in [3.63, 3.8) is 0 Å². The van der Waals surface area contributed by atoms with Crippen molar-refractivity contribution in [3.8, 4) is 6.07 Å². The molecule has 1 heterocycles. The molecule has 1 unspecified atom stereocenters. The number of nitro benzene ring substituents is 1. The molecule has 1 aromatic rings. The molecule has 1 aliphatic rings. The molecule has 0 aromatic heterocycles. The lowest BCUT2D eigenvalue weighted by Crippen LogP contribution is -2.38. The maximum atomic E-state index is 10.8. The summed E-state index contributed by atoms with van der Waals surface area (Å²) in [6.45, 7) is 1.25. The number of non-ortho nitro benzene ring substituents is 1. The van der Waals surface area contributed by atoms with Crippen LogP contribution in [0.1, 0.15) is 24.4 Å². The van der Waals surface area contributed by atoms with Crippen LogP contribution in [0.4, 0.5) is 5.69 Å². The molecule has 6 heteroatoms. The number of hydrogen-bond donors (Lipinski definition) is 1. The summed E-state index contributed by atoms with van der Waals surface area (Å²) in [5, 5.41) is 29.5. The molecule has 1 N–H and O–H groups in total. The Morgan fingerprint density at radius 2 is 2.16 bits per heavy atom. The van der Waals surface area contributed by atoms with E-state index in [1.807, 2.05) is 4.90 Å². The second-order valence-corrected chi connectivity index (χ2v) is 4.65. The van der Waals surface area contributed by atoms with E-state index >= 15 is 0 Å². The number of aliphatic hydroxyl groups excluding tert-OH is 1. The van der Waals surface area contributed by atoms with E-state index in [-0.39, 0.29) is 11.8 Å². The van der Waals surface area contributed by atoms with Gasteiger partial charge in [0.15, 0.2) is 0 Å². The van der Waals surface area contributed by atoms with Crippen molar-refractivity contribution in [2.24, 2.45) is 0 Å². The van der Waals surface area contributed by atoms with Gasteiger partial charge in [0.1, 0.15) is 6.04 Å². The van der Waals surface area contributed by atoms with Gasteiger partial charge in [0.25, 0.3) is 5.69 Å². The van der Waals surface area contributed by atoms with E-state index in [0.29, 0.717) is 31.5 Å². The number of hydrogen-bond acceptors (Lipinski definition) is 5. The zero-order chi connectivity index (χ0) is 13.8. The molecule has 19 heavy (non-hydrogen) atoms. The highest BCUT2D eigenvalue weighted by molar-refractivity contribution is 5.37. The van der Waals surface area contributed by atoms with Crippen molar-refractivity contribution >= 4 is 5.69 Å². The Labute approximate surface area is 111 Å². The third kappa shape index (κ3) is 3.08. The highest BCUT2D eigenvalue weighted by atomic mass is 16.6. The first-order valence-electron chi connectivity index (χ1n) is 6.18. The van der Waals surface area contributed by atoms with E-state index in [0.717, 1.165) is 0 Å². The van der Waals surface area contributed by atoms with Gasteiger partial charge in [-0.25, -0.2) is 0 Å². The lowest BCUT2D eigenvalue weighted by atomic mass is 10.0. The van der Waals surface area contributed by atoms with Gasteiger partial charge in [0.2, 0.25) is 0 Å². The summed E-state index contributed by atoms with van der Waals surface area (Å²) < 4.78 is 0. The van der Waals surface area contributed by atoms with Gasteiger partial charge in [0, 0.05) is 25.2 Å². The summed E-state index contributed by atoms with van der Waals surface area (Å²) in [6.07, 6.45) is 0.959. The number of nitro groups is 1. The molecule has 0 bridgehead atoms. The first-order valence-corrected chi connectivity index (χ1v) is 6.18. The van der Waals surface area contributed by atoms with Crippen LogP contribution < -0.4 is 0 Å². The van der Waals surface area contributed by atoms with Gasteiger partial charge < -0.3 is 5.11 Å². The summed E-state index contributed by atoms with van der Waals surface area (Å²) in [7, 11) is 0. The Morgan fingerprint density at radius 3 is 2.74 bits per heavy atom. The van der Waals surface area contributed by atoms with Crippen LogP contribution in [-0.2, 0) is 0 Å². The van der Waals surface area contributed by atoms with Crippen molar-refractivity contribution in [3.05, 3.63) is 39.9 Å². The topological polar surface area (TPSA) is 90.4 Å². The second-order valence-electron chi connectivity index (χ2n) is 4.65. The molecule has 1 aliphatic heterocycles. The third-order valence-corrected chi connectivity index (χ3v) is 3.38. The smallest absolute Gasteiger partial charge is 0.269 e. The van der Waals surface area contributed by atoms with Gasteiger partial charge in [-0.1, -0.05) is 12.1 Å². The summed E-state index contributed by atoms with van der Waals surface area (Å²) in [6, 6.07) is 7.88. The highest BCUT2D eigenvalue weighted by Gasteiger charge is 2.26. The fourth-order valence-corrected chi connectivity index (χ4v) is 2.32. The first kappa shape index (κ1) is 13.5. The third-order valence-electron chi connectivity index (χ3n) is 3.38. The molecule has 0 aliphatic carbocycles. The zero-order valence-electron chi connectivity index (χ0n) is 10.4. The summed E-state index contributed by atoms with van der Waals surface area (Å²) in [5.41, 5.74) is 0.628. The number of nitrogens with zero attached hydrogens (tertiary/aromatic N) is 3. The van der Waals surface area contributed by atoms with Gasteiger partial charge in [-0.3, -0.25) is 15.0 Å². The minimum absolute atomic E-state index is 0.00482. The van der Waals surface area contributed by atoms with Crippen molar-refractivity contribution in [2.45, 2.75) is 25.0 Å². The molecule has 0 amide bonds. The summed E-state index contributed by atoms with van der Waals surface area (Å²) in [4.78, 5) is 12.2. The highest BCUT2D eigenvalue weighted by Crippen LogP contribution is 2.26. The van der Waals surface area contributed by atoms with Crippen LogP contribution in [0.5, 0.6) is 0 Å². The SMILES string of the molecule is N#CC(c1cccc([N+](=O)[O-])c1)N1CCC(O)CC1. The molecule has 1 saturated heterocycles. The Hall–Kier alpha value is -1.97. The van der Waals surface area contributed by atoms with Gasteiger partial charge in [-0.2, -0.15) is 5.26 Å². The standard InChI is InChI=1S/C13H15N3O3/c14-9-13(15-6-4-12(17)5-7-15)10-2-1-3-11(8-10)16(18)19/h1-3,8,12-13,17H,4-7H2. The largest absolute Gasteiger partial charge is 0.393 e. The second kappa shape index (κ2) is 5.78. The van der Waals surface area contributed by atoms with Crippen LogP contribution in [-0.4, -0.2) is 34.1 Å². The lowest BCUT2D eigenvalue weighted by molar-refractivity contribution is -0.384. The predicted octanol–water partition coefficient (Wildman–Crippen LogP) is 1.62. The maximum Gasteiger partial charge on any atom is 0.269 e. The van der Waals surface area contributed by atoms with E-state index in [4.69, 9.17) is 0 Å². The molecule has 1 atom stereocenters. The van der Waals surface area contributed by atoms with Crippen molar-refractivity contribution < 1.29 is 10.0 Å². The molecular formula is C13H15N3O3.